The Kier molecular flexibility index (Phi) is 5.99. The van der Waals surface area contributed by atoms with Gasteiger partial charge in [-0.05, 0) is 43.2 Å². The number of carbonyl (C=O) groups excluding carboxylic acids is 1. The van der Waals surface area contributed by atoms with E-state index in [0.717, 1.165) is 55.6 Å². The summed E-state index contributed by atoms with van der Waals surface area (Å²) in [7, 11) is 0. The molecule has 1 aliphatic carbocycles. The third-order valence-electron chi connectivity index (χ3n) is 5.40. The maximum atomic E-state index is 12.5. The van der Waals surface area contributed by atoms with Gasteiger partial charge in [0.15, 0.2) is 5.82 Å². The summed E-state index contributed by atoms with van der Waals surface area (Å²) in [6.07, 6.45) is 5.82. The highest BCUT2D eigenvalue weighted by molar-refractivity contribution is 5.90. The van der Waals surface area contributed by atoms with Crippen molar-refractivity contribution < 1.29 is 4.79 Å². The van der Waals surface area contributed by atoms with E-state index < -0.39 is 0 Å². The highest BCUT2D eigenvalue weighted by Crippen LogP contribution is 2.32. The van der Waals surface area contributed by atoms with Gasteiger partial charge in [0, 0.05) is 12.0 Å². The van der Waals surface area contributed by atoms with Gasteiger partial charge < -0.3 is 5.32 Å². The summed E-state index contributed by atoms with van der Waals surface area (Å²) in [5.74, 6) is 0.665. The largest absolute Gasteiger partial charge is 0.309 e. The molecule has 0 atom stereocenters. The highest BCUT2D eigenvalue weighted by Gasteiger charge is 2.21. The molecule has 0 bridgehead atoms. The Balaban J connectivity index is 1.49. The zero-order chi connectivity index (χ0) is 20.1. The van der Waals surface area contributed by atoms with Crippen molar-refractivity contribution in [3.05, 3.63) is 77.1 Å². The Labute approximate surface area is 172 Å². The number of aromatic nitrogens is 2. The van der Waals surface area contributed by atoms with Crippen LogP contribution in [0.4, 0.5) is 5.82 Å². The molecule has 1 amide bonds. The Morgan fingerprint density at radius 3 is 2.59 bits per heavy atom. The van der Waals surface area contributed by atoms with Crippen molar-refractivity contribution in [3.8, 4) is 11.3 Å². The van der Waals surface area contributed by atoms with Crippen LogP contribution in [0.25, 0.3) is 11.3 Å². The number of hydrogen-bond donors (Lipinski definition) is 1. The molecule has 4 heteroatoms. The molecule has 2 aromatic carbocycles. The summed E-state index contributed by atoms with van der Waals surface area (Å²) in [4.78, 5) is 22.3. The molecular formula is C25H27N3O. The van der Waals surface area contributed by atoms with E-state index in [9.17, 15) is 4.79 Å². The van der Waals surface area contributed by atoms with Crippen molar-refractivity contribution >= 4 is 11.7 Å². The average Bonchev–Trinajstić information content (AvgIpc) is 2.75. The first-order chi connectivity index (χ1) is 14.2. The van der Waals surface area contributed by atoms with Crippen LogP contribution >= 0.6 is 0 Å². The smallest absolute Gasteiger partial charge is 0.225 e. The SMILES string of the molecule is CCCc1nc2c(nc1NC(=O)CCCc1ccccc1)CCc1ccccc1-2. The molecule has 3 aromatic rings. The lowest BCUT2D eigenvalue weighted by atomic mass is 9.91. The molecule has 0 unspecified atom stereocenters. The maximum Gasteiger partial charge on any atom is 0.225 e. The minimum absolute atomic E-state index is 0.0174. The van der Waals surface area contributed by atoms with E-state index in [2.05, 4.69) is 48.6 Å². The van der Waals surface area contributed by atoms with Gasteiger partial charge in [-0.15, -0.1) is 0 Å². The van der Waals surface area contributed by atoms with Crippen LogP contribution in [0.3, 0.4) is 0 Å². The molecule has 0 radical (unpaired) electrons. The number of hydrogen-bond acceptors (Lipinski definition) is 3. The molecule has 0 spiro atoms. The van der Waals surface area contributed by atoms with Gasteiger partial charge in [0.2, 0.25) is 5.91 Å². The molecule has 0 fully saturated rings. The van der Waals surface area contributed by atoms with Crippen LogP contribution in [-0.2, 0) is 30.5 Å². The van der Waals surface area contributed by atoms with Crippen LogP contribution in [0.15, 0.2) is 54.6 Å². The summed E-state index contributed by atoms with van der Waals surface area (Å²) < 4.78 is 0. The number of benzene rings is 2. The number of nitrogens with zero attached hydrogens (tertiary/aromatic N) is 2. The van der Waals surface area contributed by atoms with Crippen LogP contribution in [-0.4, -0.2) is 15.9 Å². The summed E-state index contributed by atoms with van der Waals surface area (Å²) >= 11 is 0. The van der Waals surface area contributed by atoms with Crippen LogP contribution in [0, 0.1) is 0 Å². The quantitative estimate of drug-likeness (QED) is 0.611. The van der Waals surface area contributed by atoms with Gasteiger partial charge in [-0.2, -0.15) is 0 Å². The molecule has 4 rings (SSSR count). The van der Waals surface area contributed by atoms with Crippen molar-refractivity contribution in [3.63, 3.8) is 0 Å². The topological polar surface area (TPSA) is 54.9 Å². The number of rotatable bonds is 7. The Hall–Kier alpha value is -3.01. The van der Waals surface area contributed by atoms with E-state index in [0.29, 0.717) is 12.2 Å². The molecule has 1 aromatic heterocycles. The van der Waals surface area contributed by atoms with Crippen LogP contribution in [0.2, 0.25) is 0 Å². The zero-order valence-corrected chi connectivity index (χ0v) is 16.9. The third kappa shape index (κ3) is 4.53. The molecule has 1 aliphatic rings. The molecule has 1 heterocycles. The normalized spacial score (nSPS) is 12.2. The van der Waals surface area contributed by atoms with Crippen molar-refractivity contribution in [2.45, 2.75) is 51.9 Å². The second kappa shape index (κ2) is 8.99. The number of nitrogens with one attached hydrogen (secondary N) is 1. The zero-order valence-electron chi connectivity index (χ0n) is 16.9. The van der Waals surface area contributed by atoms with E-state index in [-0.39, 0.29) is 5.91 Å². The molecular weight excluding hydrogens is 358 g/mol. The van der Waals surface area contributed by atoms with Gasteiger partial charge in [-0.25, -0.2) is 9.97 Å². The monoisotopic (exact) mass is 385 g/mol. The van der Waals surface area contributed by atoms with Gasteiger partial charge in [0.1, 0.15) is 0 Å². The summed E-state index contributed by atoms with van der Waals surface area (Å²) in [6, 6.07) is 18.7. The van der Waals surface area contributed by atoms with Gasteiger partial charge in [-0.1, -0.05) is 67.9 Å². The summed E-state index contributed by atoms with van der Waals surface area (Å²) in [5.41, 5.74) is 6.63. The Morgan fingerprint density at radius 2 is 1.76 bits per heavy atom. The van der Waals surface area contributed by atoms with Crippen LogP contribution in [0.1, 0.15) is 48.7 Å². The van der Waals surface area contributed by atoms with E-state index in [4.69, 9.17) is 9.97 Å². The first kappa shape index (κ1) is 19.3. The summed E-state index contributed by atoms with van der Waals surface area (Å²) in [6.45, 7) is 2.13. The minimum Gasteiger partial charge on any atom is -0.309 e. The van der Waals surface area contributed by atoms with Gasteiger partial charge >= 0.3 is 0 Å². The van der Waals surface area contributed by atoms with E-state index in [1.807, 2.05) is 18.2 Å². The second-order valence-electron chi connectivity index (χ2n) is 7.61. The molecule has 0 saturated carbocycles. The third-order valence-corrected chi connectivity index (χ3v) is 5.40. The minimum atomic E-state index is 0.0174. The van der Waals surface area contributed by atoms with Gasteiger partial charge in [0.25, 0.3) is 0 Å². The fourth-order valence-corrected chi connectivity index (χ4v) is 3.92. The van der Waals surface area contributed by atoms with Gasteiger partial charge in [0.05, 0.1) is 17.1 Å². The lowest BCUT2D eigenvalue weighted by Gasteiger charge is -2.20. The van der Waals surface area contributed by atoms with Crippen molar-refractivity contribution in [1.82, 2.24) is 9.97 Å². The van der Waals surface area contributed by atoms with Crippen molar-refractivity contribution in [2.24, 2.45) is 0 Å². The van der Waals surface area contributed by atoms with Crippen LogP contribution in [0.5, 0.6) is 0 Å². The second-order valence-corrected chi connectivity index (χ2v) is 7.61. The lowest BCUT2D eigenvalue weighted by Crippen LogP contribution is -2.18. The molecule has 4 nitrogen and oxygen atoms in total. The summed E-state index contributed by atoms with van der Waals surface area (Å²) in [5, 5.41) is 3.04. The Morgan fingerprint density at radius 1 is 0.966 bits per heavy atom. The average molecular weight is 386 g/mol. The molecule has 29 heavy (non-hydrogen) atoms. The van der Waals surface area contributed by atoms with E-state index >= 15 is 0 Å². The Bertz CT molecular complexity index is 998. The lowest BCUT2D eigenvalue weighted by molar-refractivity contribution is -0.116. The fourth-order valence-electron chi connectivity index (χ4n) is 3.92. The van der Waals surface area contributed by atoms with Crippen molar-refractivity contribution in [2.75, 3.05) is 5.32 Å². The van der Waals surface area contributed by atoms with E-state index in [1.54, 1.807) is 0 Å². The highest BCUT2D eigenvalue weighted by atomic mass is 16.1. The fraction of sp³-hybridized carbons (Fsp3) is 0.320. The molecule has 0 aliphatic heterocycles. The number of fused-ring (bicyclic) bond motifs is 3. The number of amides is 1. The predicted octanol–water partition coefficient (Wildman–Crippen LogP) is 5.16. The number of aryl methyl sites for hydroxylation is 4. The number of anilines is 1. The maximum absolute atomic E-state index is 12.5. The molecule has 148 valence electrons. The first-order valence-electron chi connectivity index (χ1n) is 10.6. The van der Waals surface area contributed by atoms with Crippen LogP contribution < -0.4 is 5.32 Å². The van der Waals surface area contributed by atoms with Crippen molar-refractivity contribution in [1.29, 1.82) is 0 Å². The predicted molar refractivity (Wildman–Crippen MR) is 117 cm³/mol. The van der Waals surface area contributed by atoms with E-state index in [1.165, 1.54) is 16.7 Å². The molecule has 1 N–H and O–H groups in total. The van der Waals surface area contributed by atoms with Gasteiger partial charge in [-0.3, -0.25) is 4.79 Å². The number of carbonyl (C=O) groups is 1. The molecule has 0 saturated heterocycles. The first-order valence-corrected chi connectivity index (χ1v) is 10.6. The standard InChI is InChI=1S/C25H27N3O/c1-2-9-22-25(28-23(29)15-8-12-18-10-4-3-5-11-18)27-21-17-16-19-13-6-7-14-20(19)24(21)26-22/h3-7,10-11,13-14H,2,8-9,12,15-17H2,1H3,(H,27,28,29).